The number of benzene rings is 2. The van der Waals surface area contributed by atoms with Gasteiger partial charge < -0.3 is 5.32 Å². The first-order valence-corrected chi connectivity index (χ1v) is 8.91. The Morgan fingerprint density at radius 2 is 1.89 bits per heavy atom. The van der Waals surface area contributed by atoms with E-state index in [1.54, 1.807) is 23.1 Å². The lowest BCUT2D eigenvalue weighted by Crippen LogP contribution is -2.37. The maximum absolute atomic E-state index is 13.3. The van der Waals surface area contributed by atoms with Gasteiger partial charge in [0.15, 0.2) is 0 Å². The van der Waals surface area contributed by atoms with Crippen molar-refractivity contribution < 1.29 is 9.18 Å². The molecule has 0 unspecified atom stereocenters. The molecule has 1 aliphatic carbocycles. The lowest BCUT2D eigenvalue weighted by molar-refractivity contribution is -0.124. The molecule has 1 aliphatic rings. The van der Waals surface area contributed by atoms with Crippen molar-refractivity contribution in [2.45, 2.75) is 32.2 Å². The Kier molecular flexibility index (Phi) is 4.06. The van der Waals surface area contributed by atoms with Crippen LogP contribution >= 0.6 is 0 Å². The summed E-state index contributed by atoms with van der Waals surface area (Å²) < 4.78 is 15.0. The van der Waals surface area contributed by atoms with Crippen molar-refractivity contribution >= 4 is 5.91 Å². The number of halogens is 1. The quantitative estimate of drug-likeness (QED) is 0.755. The van der Waals surface area contributed by atoms with Crippen molar-refractivity contribution in [1.82, 2.24) is 20.1 Å². The van der Waals surface area contributed by atoms with Crippen LogP contribution in [0.25, 0.3) is 5.69 Å². The number of carbonyl (C=O) groups is 1. The van der Waals surface area contributed by atoms with Gasteiger partial charge in [-0.25, -0.2) is 14.1 Å². The molecule has 0 radical (unpaired) electrons. The first-order chi connectivity index (χ1) is 12.9. The molecule has 1 N–H and O–H groups in total. The Morgan fingerprint density at radius 3 is 2.52 bits per heavy atom. The fourth-order valence-corrected chi connectivity index (χ4v) is 3.91. The zero-order valence-electron chi connectivity index (χ0n) is 15.3. The highest BCUT2D eigenvalue weighted by molar-refractivity contribution is 5.93. The molecule has 0 aliphatic heterocycles. The van der Waals surface area contributed by atoms with Gasteiger partial charge in [0.05, 0.1) is 11.1 Å². The smallest absolute Gasteiger partial charge is 0.231 e. The predicted octanol–water partition coefficient (Wildman–Crippen LogP) is 3.39. The Balaban J connectivity index is 1.57. The molecule has 1 aromatic heterocycles. The molecule has 4 rings (SSSR count). The maximum atomic E-state index is 13.3. The minimum absolute atomic E-state index is 0.0347. The SMILES string of the molecule is CC1(C)C[C@]1(C(=O)NCc1ccccc1-n1cncn1)c1ccc(F)cc1. The second-order valence-electron chi connectivity index (χ2n) is 7.62. The average Bonchev–Trinajstić information content (AvgIpc) is 3.00. The van der Waals surface area contributed by atoms with Crippen LogP contribution in [-0.4, -0.2) is 20.7 Å². The fourth-order valence-electron chi connectivity index (χ4n) is 3.91. The summed E-state index contributed by atoms with van der Waals surface area (Å²) in [6.45, 7) is 4.52. The van der Waals surface area contributed by atoms with Crippen LogP contribution in [0.3, 0.4) is 0 Å². The van der Waals surface area contributed by atoms with E-state index < -0.39 is 5.41 Å². The number of amides is 1. The van der Waals surface area contributed by atoms with E-state index in [9.17, 15) is 9.18 Å². The summed E-state index contributed by atoms with van der Waals surface area (Å²) in [7, 11) is 0. The van der Waals surface area contributed by atoms with Crippen molar-refractivity contribution in [3.63, 3.8) is 0 Å². The first-order valence-electron chi connectivity index (χ1n) is 8.91. The number of hydrogen-bond acceptors (Lipinski definition) is 3. The van der Waals surface area contributed by atoms with E-state index in [0.29, 0.717) is 6.54 Å². The Morgan fingerprint density at radius 1 is 1.19 bits per heavy atom. The van der Waals surface area contributed by atoms with E-state index in [0.717, 1.165) is 23.2 Å². The fraction of sp³-hybridized carbons (Fsp3) is 0.286. The van der Waals surface area contributed by atoms with Gasteiger partial charge in [-0.1, -0.05) is 44.2 Å². The van der Waals surface area contributed by atoms with Crippen molar-refractivity contribution in [2.75, 3.05) is 0 Å². The lowest BCUT2D eigenvalue weighted by atomic mass is 9.87. The molecule has 0 spiro atoms. The summed E-state index contributed by atoms with van der Waals surface area (Å²) in [6.07, 6.45) is 3.85. The van der Waals surface area contributed by atoms with Crippen molar-refractivity contribution in [3.8, 4) is 5.69 Å². The number of carbonyl (C=O) groups excluding carboxylic acids is 1. The summed E-state index contributed by atoms with van der Waals surface area (Å²) >= 11 is 0. The largest absolute Gasteiger partial charge is 0.351 e. The molecule has 1 heterocycles. The van der Waals surface area contributed by atoms with Crippen LogP contribution in [0.5, 0.6) is 0 Å². The van der Waals surface area contributed by atoms with Crippen LogP contribution in [0.2, 0.25) is 0 Å². The molecule has 6 heteroatoms. The van der Waals surface area contributed by atoms with Gasteiger partial charge in [0.1, 0.15) is 18.5 Å². The third-order valence-corrected chi connectivity index (χ3v) is 5.56. The predicted molar refractivity (Wildman–Crippen MR) is 99.7 cm³/mol. The lowest BCUT2D eigenvalue weighted by Gasteiger charge is -2.21. The standard InChI is InChI=1S/C21H21FN4O/c1-20(2)12-21(20,16-7-9-17(22)10-8-16)19(27)24-11-15-5-3-4-6-18(15)26-14-23-13-25-26/h3-10,13-14H,11-12H2,1-2H3,(H,24,27)/t21-/m1/s1. The Labute approximate surface area is 157 Å². The molecule has 27 heavy (non-hydrogen) atoms. The summed E-state index contributed by atoms with van der Waals surface area (Å²) in [5.41, 5.74) is 1.89. The molecule has 1 fully saturated rings. The van der Waals surface area contributed by atoms with E-state index in [-0.39, 0.29) is 17.1 Å². The normalized spacial score (nSPS) is 20.3. The highest BCUT2D eigenvalue weighted by Gasteiger charge is 2.66. The van der Waals surface area contributed by atoms with Crippen LogP contribution < -0.4 is 5.32 Å². The van der Waals surface area contributed by atoms with Crippen molar-refractivity contribution in [3.05, 3.63) is 78.1 Å². The number of aromatic nitrogens is 3. The summed E-state index contributed by atoms with van der Waals surface area (Å²) in [5, 5.41) is 7.25. The molecule has 5 nitrogen and oxygen atoms in total. The van der Waals surface area contributed by atoms with Crippen molar-refractivity contribution in [2.24, 2.45) is 5.41 Å². The zero-order chi connectivity index (χ0) is 19.1. The van der Waals surface area contributed by atoms with Gasteiger partial charge in [0, 0.05) is 6.54 Å². The second kappa shape index (κ2) is 6.30. The van der Waals surface area contributed by atoms with Crippen LogP contribution in [-0.2, 0) is 16.8 Å². The number of hydrogen-bond donors (Lipinski definition) is 1. The van der Waals surface area contributed by atoms with Crippen LogP contribution in [0.15, 0.2) is 61.2 Å². The molecule has 0 saturated heterocycles. The average molecular weight is 364 g/mol. The molecule has 3 aromatic rings. The first kappa shape index (κ1) is 17.4. The molecule has 1 amide bonds. The second-order valence-corrected chi connectivity index (χ2v) is 7.62. The molecule has 1 atom stereocenters. The van der Waals surface area contributed by atoms with Gasteiger partial charge in [0.25, 0.3) is 0 Å². The van der Waals surface area contributed by atoms with Crippen LogP contribution in [0, 0.1) is 11.2 Å². The van der Waals surface area contributed by atoms with Gasteiger partial charge in [-0.3, -0.25) is 4.79 Å². The number of rotatable bonds is 5. The number of nitrogens with one attached hydrogen (secondary N) is 1. The molecule has 2 aromatic carbocycles. The summed E-state index contributed by atoms with van der Waals surface area (Å²) in [4.78, 5) is 17.1. The molecular weight excluding hydrogens is 343 g/mol. The zero-order valence-corrected chi connectivity index (χ0v) is 15.3. The van der Waals surface area contributed by atoms with Gasteiger partial charge in [0.2, 0.25) is 5.91 Å². The third kappa shape index (κ3) is 2.91. The molecule has 1 saturated carbocycles. The van der Waals surface area contributed by atoms with Gasteiger partial charge in [-0.05, 0) is 41.2 Å². The van der Waals surface area contributed by atoms with E-state index in [2.05, 4.69) is 29.2 Å². The van der Waals surface area contributed by atoms with Gasteiger partial charge >= 0.3 is 0 Å². The van der Waals surface area contributed by atoms with Crippen LogP contribution in [0.4, 0.5) is 4.39 Å². The molecule has 138 valence electrons. The minimum Gasteiger partial charge on any atom is -0.351 e. The highest BCUT2D eigenvalue weighted by atomic mass is 19.1. The third-order valence-electron chi connectivity index (χ3n) is 5.56. The maximum Gasteiger partial charge on any atom is 0.231 e. The molecular formula is C21H21FN4O. The highest BCUT2D eigenvalue weighted by Crippen LogP contribution is 2.64. The van der Waals surface area contributed by atoms with E-state index in [1.807, 2.05) is 24.3 Å². The topological polar surface area (TPSA) is 59.8 Å². The minimum atomic E-state index is -0.622. The van der Waals surface area contributed by atoms with E-state index >= 15 is 0 Å². The van der Waals surface area contributed by atoms with Crippen LogP contribution in [0.1, 0.15) is 31.4 Å². The number of para-hydroxylation sites is 1. The molecule has 0 bridgehead atoms. The summed E-state index contributed by atoms with van der Waals surface area (Å²) in [6, 6.07) is 14.0. The van der Waals surface area contributed by atoms with E-state index in [1.165, 1.54) is 18.5 Å². The Hall–Kier alpha value is -3.02. The van der Waals surface area contributed by atoms with Gasteiger partial charge in [-0.2, -0.15) is 5.10 Å². The Bertz CT molecular complexity index is 966. The van der Waals surface area contributed by atoms with Gasteiger partial charge in [-0.15, -0.1) is 0 Å². The van der Waals surface area contributed by atoms with Crippen molar-refractivity contribution in [1.29, 1.82) is 0 Å². The van der Waals surface area contributed by atoms with E-state index in [4.69, 9.17) is 0 Å². The number of nitrogens with zero attached hydrogens (tertiary/aromatic N) is 3. The monoisotopic (exact) mass is 364 g/mol. The summed E-state index contributed by atoms with van der Waals surface area (Å²) in [5.74, 6) is -0.331.